The van der Waals surface area contributed by atoms with Gasteiger partial charge in [0.15, 0.2) is 10.8 Å². The molecule has 0 aliphatic heterocycles. The predicted molar refractivity (Wildman–Crippen MR) is 100 cm³/mol. The lowest BCUT2D eigenvalue weighted by Crippen LogP contribution is -2.15. The van der Waals surface area contributed by atoms with Crippen LogP contribution in [0.1, 0.15) is 11.5 Å². The maximum atomic E-state index is 14.4. The highest BCUT2D eigenvalue weighted by Crippen LogP contribution is 2.24. The van der Waals surface area contributed by atoms with Crippen LogP contribution in [0.2, 0.25) is 0 Å². The number of carbonyl (C=O) groups is 1. The van der Waals surface area contributed by atoms with E-state index in [9.17, 15) is 9.18 Å². The monoisotopic (exact) mass is 382 g/mol. The van der Waals surface area contributed by atoms with Gasteiger partial charge in [-0.25, -0.2) is 14.4 Å². The van der Waals surface area contributed by atoms with Crippen LogP contribution >= 0.6 is 11.3 Å². The van der Waals surface area contributed by atoms with E-state index in [1.54, 1.807) is 48.3 Å². The van der Waals surface area contributed by atoms with Crippen LogP contribution in [0.25, 0.3) is 16.5 Å². The standard InChI is InChI=1S/C19H15FN4O2S/c1-12-21-6-7-24(12)16-5-4-13(9-15(16)20)22-18(25)10-14-11-27-19(23-14)17-3-2-8-26-17/h2-9,11H,10H2,1H3,(H,22,25). The zero-order valence-corrected chi connectivity index (χ0v) is 15.2. The minimum absolute atomic E-state index is 0.0984. The molecule has 6 nitrogen and oxygen atoms in total. The lowest BCUT2D eigenvalue weighted by Gasteiger charge is -2.09. The predicted octanol–water partition coefficient (Wildman–Crippen LogP) is 4.22. The number of carbonyl (C=O) groups excluding carboxylic acids is 1. The summed E-state index contributed by atoms with van der Waals surface area (Å²) in [6, 6.07) is 8.16. The number of aromatic nitrogens is 3. The van der Waals surface area contributed by atoms with Gasteiger partial charge in [-0.2, -0.15) is 0 Å². The Balaban J connectivity index is 1.44. The zero-order valence-electron chi connectivity index (χ0n) is 14.3. The van der Waals surface area contributed by atoms with Gasteiger partial charge in [-0.3, -0.25) is 4.79 Å². The summed E-state index contributed by atoms with van der Waals surface area (Å²) in [5.74, 6) is 0.639. The Hall–Kier alpha value is -3.26. The van der Waals surface area contributed by atoms with Crippen LogP contribution in [0, 0.1) is 12.7 Å². The van der Waals surface area contributed by atoms with E-state index in [1.807, 2.05) is 11.4 Å². The lowest BCUT2D eigenvalue weighted by molar-refractivity contribution is -0.115. The van der Waals surface area contributed by atoms with Crippen molar-refractivity contribution in [2.24, 2.45) is 0 Å². The lowest BCUT2D eigenvalue weighted by atomic mass is 10.2. The number of imidazole rings is 1. The Bertz CT molecular complexity index is 1090. The van der Waals surface area contributed by atoms with Crippen molar-refractivity contribution in [2.75, 3.05) is 5.32 Å². The molecule has 3 aromatic heterocycles. The molecule has 1 aromatic carbocycles. The van der Waals surface area contributed by atoms with Crippen LogP contribution < -0.4 is 5.32 Å². The molecule has 0 fully saturated rings. The van der Waals surface area contributed by atoms with E-state index >= 15 is 0 Å². The highest BCUT2D eigenvalue weighted by Gasteiger charge is 2.12. The summed E-state index contributed by atoms with van der Waals surface area (Å²) in [4.78, 5) is 20.7. The second-order valence-electron chi connectivity index (χ2n) is 5.86. The molecular formula is C19H15FN4O2S. The maximum Gasteiger partial charge on any atom is 0.230 e. The molecule has 0 aliphatic rings. The summed E-state index contributed by atoms with van der Waals surface area (Å²) in [7, 11) is 0. The molecule has 0 unspecified atom stereocenters. The van der Waals surface area contributed by atoms with Gasteiger partial charge in [-0.05, 0) is 37.3 Å². The van der Waals surface area contributed by atoms with Gasteiger partial charge >= 0.3 is 0 Å². The first kappa shape index (κ1) is 17.2. The number of furan rings is 1. The van der Waals surface area contributed by atoms with E-state index in [-0.39, 0.29) is 12.3 Å². The average Bonchev–Trinajstić information content (AvgIpc) is 3.36. The second kappa shape index (κ2) is 7.16. The van der Waals surface area contributed by atoms with Crippen molar-refractivity contribution in [2.45, 2.75) is 13.3 Å². The molecule has 0 aliphatic carbocycles. The fourth-order valence-corrected chi connectivity index (χ4v) is 3.47. The van der Waals surface area contributed by atoms with Gasteiger partial charge in [0.1, 0.15) is 11.6 Å². The molecule has 0 spiro atoms. The van der Waals surface area contributed by atoms with Gasteiger partial charge in [0.25, 0.3) is 0 Å². The summed E-state index contributed by atoms with van der Waals surface area (Å²) in [5, 5.41) is 5.22. The number of benzene rings is 1. The summed E-state index contributed by atoms with van der Waals surface area (Å²) in [5.41, 5.74) is 1.40. The Labute approximate surface area is 158 Å². The first-order valence-corrected chi connectivity index (χ1v) is 9.06. The zero-order chi connectivity index (χ0) is 18.8. The molecule has 0 saturated carbocycles. The fraction of sp³-hybridized carbons (Fsp3) is 0.105. The van der Waals surface area contributed by atoms with Crippen molar-refractivity contribution < 1.29 is 13.6 Å². The van der Waals surface area contributed by atoms with E-state index < -0.39 is 5.82 Å². The van der Waals surface area contributed by atoms with Gasteiger partial charge in [-0.1, -0.05) is 0 Å². The summed E-state index contributed by atoms with van der Waals surface area (Å²) < 4.78 is 21.4. The number of hydrogen-bond donors (Lipinski definition) is 1. The van der Waals surface area contributed by atoms with Crippen molar-refractivity contribution in [3.05, 3.63) is 71.7 Å². The van der Waals surface area contributed by atoms with Crippen LogP contribution in [0.4, 0.5) is 10.1 Å². The van der Waals surface area contributed by atoms with E-state index in [0.717, 1.165) is 0 Å². The highest BCUT2D eigenvalue weighted by atomic mass is 32.1. The Morgan fingerprint density at radius 2 is 2.26 bits per heavy atom. The average molecular weight is 382 g/mol. The number of aryl methyl sites for hydroxylation is 1. The van der Waals surface area contributed by atoms with Crippen molar-refractivity contribution in [3.8, 4) is 16.5 Å². The number of thiazole rings is 1. The summed E-state index contributed by atoms with van der Waals surface area (Å²) in [6.07, 6.45) is 4.97. The molecule has 27 heavy (non-hydrogen) atoms. The van der Waals surface area contributed by atoms with Gasteiger partial charge in [0.05, 0.1) is 24.1 Å². The number of amides is 1. The number of hydrogen-bond acceptors (Lipinski definition) is 5. The van der Waals surface area contributed by atoms with Gasteiger partial charge in [0.2, 0.25) is 5.91 Å². The smallest absolute Gasteiger partial charge is 0.230 e. The SMILES string of the molecule is Cc1nccn1-c1ccc(NC(=O)Cc2csc(-c3ccco3)n2)cc1F. The maximum absolute atomic E-state index is 14.4. The van der Waals surface area contributed by atoms with E-state index in [4.69, 9.17) is 4.42 Å². The highest BCUT2D eigenvalue weighted by molar-refractivity contribution is 7.13. The molecule has 0 atom stereocenters. The molecular weight excluding hydrogens is 367 g/mol. The molecule has 3 heterocycles. The van der Waals surface area contributed by atoms with Gasteiger partial charge in [-0.15, -0.1) is 11.3 Å². The van der Waals surface area contributed by atoms with Crippen molar-refractivity contribution in [1.82, 2.24) is 14.5 Å². The van der Waals surface area contributed by atoms with Crippen molar-refractivity contribution in [1.29, 1.82) is 0 Å². The molecule has 0 saturated heterocycles. The van der Waals surface area contributed by atoms with Crippen LogP contribution in [-0.4, -0.2) is 20.4 Å². The quantitative estimate of drug-likeness (QED) is 0.561. The van der Waals surface area contributed by atoms with Gasteiger partial charge < -0.3 is 14.3 Å². The van der Waals surface area contributed by atoms with Crippen LogP contribution in [0.15, 0.2) is 58.8 Å². The summed E-state index contributed by atoms with van der Waals surface area (Å²) in [6.45, 7) is 1.79. The third-order valence-electron chi connectivity index (χ3n) is 3.94. The van der Waals surface area contributed by atoms with Crippen molar-refractivity contribution in [3.63, 3.8) is 0 Å². The Morgan fingerprint density at radius 3 is 2.96 bits per heavy atom. The minimum Gasteiger partial charge on any atom is -0.462 e. The number of anilines is 1. The Kier molecular flexibility index (Phi) is 4.55. The summed E-state index contributed by atoms with van der Waals surface area (Å²) >= 11 is 1.41. The van der Waals surface area contributed by atoms with E-state index in [0.29, 0.717) is 33.7 Å². The van der Waals surface area contributed by atoms with Crippen molar-refractivity contribution >= 4 is 22.9 Å². The Morgan fingerprint density at radius 1 is 1.37 bits per heavy atom. The van der Waals surface area contributed by atoms with Gasteiger partial charge in [0, 0.05) is 23.5 Å². The normalized spacial score (nSPS) is 10.9. The van der Waals surface area contributed by atoms with E-state index in [2.05, 4.69) is 15.3 Å². The molecule has 8 heteroatoms. The molecule has 1 N–H and O–H groups in total. The molecule has 4 aromatic rings. The first-order valence-electron chi connectivity index (χ1n) is 8.18. The molecule has 0 bridgehead atoms. The number of halogens is 1. The van der Waals surface area contributed by atoms with E-state index in [1.165, 1.54) is 17.4 Å². The third kappa shape index (κ3) is 3.65. The van der Waals surface area contributed by atoms with Crippen LogP contribution in [0.3, 0.4) is 0 Å². The molecule has 0 radical (unpaired) electrons. The number of rotatable bonds is 5. The van der Waals surface area contributed by atoms with Crippen LogP contribution in [-0.2, 0) is 11.2 Å². The largest absolute Gasteiger partial charge is 0.462 e. The topological polar surface area (TPSA) is 73.0 Å². The minimum atomic E-state index is -0.442. The molecule has 1 amide bonds. The number of nitrogens with zero attached hydrogens (tertiary/aromatic N) is 3. The second-order valence-corrected chi connectivity index (χ2v) is 6.72. The molecule has 4 rings (SSSR count). The molecule has 136 valence electrons. The first-order chi connectivity index (χ1) is 13.1. The number of nitrogens with one attached hydrogen (secondary N) is 1. The third-order valence-corrected chi connectivity index (χ3v) is 4.85. The fourth-order valence-electron chi connectivity index (χ4n) is 2.68. The van der Waals surface area contributed by atoms with Crippen LogP contribution in [0.5, 0.6) is 0 Å².